The summed E-state index contributed by atoms with van der Waals surface area (Å²) in [7, 11) is -2.97. The van der Waals surface area contributed by atoms with Gasteiger partial charge in [-0.1, -0.05) is 177 Å². The van der Waals surface area contributed by atoms with Gasteiger partial charge in [-0.05, 0) is 262 Å². The van der Waals surface area contributed by atoms with Gasteiger partial charge in [0.05, 0.1) is 53.3 Å². The summed E-state index contributed by atoms with van der Waals surface area (Å²) in [5.74, 6) is 3.47. The fourth-order valence-electron chi connectivity index (χ4n) is 16.3. The Morgan fingerprint density at radius 2 is 0.984 bits per heavy atom. The number of likely N-dealkylation sites (N-methyl/N-ethyl adjacent to an activating group) is 2. The number of methoxy groups -OCH3 is 2. The second-order valence-corrected chi connectivity index (χ2v) is 38.9. The van der Waals surface area contributed by atoms with Gasteiger partial charge in [0.25, 0.3) is 0 Å². The number of halogens is 2. The van der Waals surface area contributed by atoms with Crippen LogP contribution in [0.4, 0.5) is 18.4 Å². The molecule has 14 rings (SSSR count). The van der Waals surface area contributed by atoms with Crippen molar-refractivity contribution >= 4 is 67.7 Å². The first kappa shape index (κ1) is 107. The van der Waals surface area contributed by atoms with Crippen molar-refractivity contribution in [2.75, 3.05) is 80.2 Å². The molecule has 2 heterocycles. The Balaban J connectivity index is 0.000000234. The number of carbonyl (C=O) groups excluding carboxylic acids is 6. The number of urea groups is 2. The normalized spacial score (nSPS) is 20.4. The number of nitrogens with zero attached hydrogens (tertiary/aromatic N) is 4. The Labute approximate surface area is 782 Å². The maximum absolute atomic E-state index is 13.5. The van der Waals surface area contributed by atoms with Crippen molar-refractivity contribution in [2.45, 2.75) is 244 Å². The maximum atomic E-state index is 13.5. The molecule has 7 aromatic carbocycles. The predicted molar refractivity (Wildman–Crippen MR) is 491 cm³/mol. The predicted octanol–water partition coefficient (Wildman–Crippen LogP) is 21.4. The minimum Gasteiger partial charge on any atom is -0.743 e. The van der Waals surface area contributed by atoms with Crippen LogP contribution in [0, 0.1) is 40.9 Å². The molecule has 4 saturated carbocycles. The van der Waals surface area contributed by atoms with Crippen LogP contribution in [0.3, 0.4) is 0 Å². The van der Waals surface area contributed by atoms with E-state index >= 15 is 0 Å². The van der Waals surface area contributed by atoms with E-state index in [-0.39, 0.29) is 99.9 Å². The van der Waals surface area contributed by atoms with Gasteiger partial charge in [0.1, 0.15) is 50.4 Å². The summed E-state index contributed by atoms with van der Waals surface area (Å²) in [6.07, 6.45) is 6.02. The molecule has 7 aliphatic rings. The molecule has 4 amide bonds. The molecule has 693 valence electrons. The molecule has 7 atom stereocenters. The number of carbonyl (C=O) groups is 6. The molecule has 5 aliphatic carbocycles. The zero-order valence-electron chi connectivity index (χ0n) is 78.2. The van der Waals surface area contributed by atoms with Gasteiger partial charge in [-0.25, -0.2) is 22.8 Å². The van der Waals surface area contributed by atoms with E-state index in [4.69, 9.17) is 38.3 Å². The number of aromatic hydroxyl groups is 1. The van der Waals surface area contributed by atoms with Gasteiger partial charge in [0.2, 0.25) is 0 Å². The average molecular weight is 1870 g/mol. The topological polar surface area (TPSA) is 257 Å². The Hall–Kier alpha value is -8.30. The molecule has 1 N–H and O–H groups in total. The van der Waals surface area contributed by atoms with Gasteiger partial charge in [0.15, 0.2) is 30.9 Å². The zero-order chi connectivity index (χ0) is 93.0. The number of alkyl halides is 2. The molecule has 7 unspecified atom stereocenters. The molecule has 0 spiro atoms. The number of hydrogen-bond donors (Lipinski definition) is 1. The van der Waals surface area contributed by atoms with Gasteiger partial charge in [-0.3, -0.25) is 24.2 Å². The Bertz CT molecular complexity index is 4590. The smallest absolute Gasteiger partial charge is 0.369 e. The first-order chi connectivity index (χ1) is 59.6. The van der Waals surface area contributed by atoms with Crippen molar-refractivity contribution < 1.29 is 121 Å². The number of esters is 4. The third-order valence-electron chi connectivity index (χ3n) is 25.1. The van der Waals surface area contributed by atoms with Crippen LogP contribution in [0.25, 0.3) is 10.8 Å². The van der Waals surface area contributed by atoms with Crippen LogP contribution in [0.15, 0.2) is 197 Å². The van der Waals surface area contributed by atoms with E-state index in [0.29, 0.717) is 118 Å². The Morgan fingerprint density at radius 1 is 0.575 bits per heavy atom. The number of amides is 4. The minimum atomic E-state index is -5.86. The van der Waals surface area contributed by atoms with E-state index in [9.17, 15) is 50.5 Å². The van der Waals surface area contributed by atoms with E-state index in [1.54, 1.807) is 40.9 Å². The summed E-state index contributed by atoms with van der Waals surface area (Å²) < 4.78 is 95.6. The average Bonchev–Trinajstić information content (AvgIpc) is 1.09. The number of rotatable bonds is 28. The molecule has 0 aromatic heterocycles. The minimum absolute atomic E-state index is 0. The van der Waals surface area contributed by atoms with Gasteiger partial charge in [-0.2, -0.15) is 8.78 Å². The van der Waals surface area contributed by atoms with Crippen molar-refractivity contribution in [1.29, 1.82) is 0 Å². The van der Waals surface area contributed by atoms with Crippen molar-refractivity contribution in [3.8, 4) is 11.5 Å². The monoisotopic (exact) mass is 1870 g/mol. The SMILES string of the molecule is C=C(C)C(=O)OC1CN(CC)C(=O)N(COC)C1.CC(OC(=O)C12CC3CC(CC(C3)C1)C2)C(F)(F)S(=O)(=O)[O-].CC1c2cccc3cccc(c23)C1C.CCC(C)(C)C(=O)OCCOc1ccc([S+](c2ccccc2)c2ccccc2)cc1.CCC(C)c1ccc(C)cc1.CCC(C)c1ccc(O)cc1.CCN1CC(OC(=O)C(C)(C)CC)CN(COC)C1=O.[Y]. The van der Waals surface area contributed by atoms with Crippen LogP contribution in [-0.4, -0.2) is 177 Å². The van der Waals surface area contributed by atoms with Crippen LogP contribution in [0.5, 0.6) is 11.5 Å². The third-order valence-corrected chi connectivity index (χ3v) is 28.3. The van der Waals surface area contributed by atoms with E-state index in [0.717, 1.165) is 51.2 Å². The third kappa shape index (κ3) is 30.1. The first-order valence-corrected chi connectivity index (χ1v) is 47.1. The molecular formula is C101H138F2N4O17S2Y. The van der Waals surface area contributed by atoms with Crippen molar-refractivity contribution in [1.82, 2.24) is 19.6 Å². The molecule has 4 bridgehead atoms. The molecule has 21 nitrogen and oxygen atoms in total. The van der Waals surface area contributed by atoms with Crippen LogP contribution in [0.1, 0.15) is 226 Å². The van der Waals surface area contributed by atoms with Crippen LogP contribution >= 0.6 is 0 Å². The number of hydrogen-bond acceptors (Lipinski definition) is 17. The summed E-state index contributed by atoms with van der Waals surface area (Å²) in [5, 5.41) is 7.31. The van der Waals surface area contributed by atoms with Gasteiger partial charge in [-0.15, -0.1) is 0 Å². The number of benzene rings is 7. The van der Waals surface area contributed by atoms with Crippen LogP contribution < -0.4 is 4.74 Å². The largest absolute Gasteiger partial charge is 0.743 e. The molecular weight excluding hydrogens is 1730 g/mol. The van der Waals surface area contributed by atoms with E-state index in [1.165, 1.54) is 71.7 Å². The van der Waals surface area contributed by atoms with E-state index in [1.807, 2.05) is 91.8 Å². The number of aryl methyl sites for hydroxylation is 1. The van der Waals surface area contributed by atoms with E-state index in [2.05, 4.69) is 176 Å². The summed E-state index contributed by atoms with van der Waals surface area (Å²) >= 11 is 0. The van der Waals surface area contributed by atoms with Gasteiger partial charge in [0, 0.05) is 65.6 Å². The number of phenols is 1. The number of phenolic OH excluding ortho intramolecular Hbond substituents is 1. The standard InChI is InChI=1S/C26H29O3S.C14H20F2O5S.C14H26N2O4.C14H14.C12H20N2O4.C11H16.C10H14O.Y/c1-4-26(2,3)25(27)29-20-19-28-21-15-17-24(18-16-21)30(22-11-7-5-8-12-22)23-13-9-6-10-14-23;1-8(14(15,16)22(18,19)20)21-12(17)13-5-9-2-10(6-13)4-11(3-9)7-13;1-6-14(3,4)12(17)20-11-8-15(7-2)13(18)16(9-11)10-19-5;1-9-10(2)13-8-4-6-11-5-3-7-12(9)14(11)13;1-5-13-6-10(18-11(15)9(2)3)7-14(8-17-4)12(13)16;1-4-10(3)11-7-5-9(2)6-8-11;1-3-8(2)9-4-6-10(11)7-5-9;/h5-18H,4,19-20H2,1-3H3;8-11H,2-7H2,1H3,(H,18,19,20);11H,6-10H2,1-5H3;3-10H,1-2H3;10H,2,5-8H2,1,3-4H3;5-8,10H,4H2,1-3H3;4-8,11H,3H2,1-2H3;/q+1;;;;;;;/p-1. The van der Waals surface area contributed by atoms with Gasteiger partial charge >= 0.3 is 41.2 Å². The molecule has 1 radical (unpaired) electrons. The second-order valence-electron chi connectivity index (χ2n) is 35.4. The summed E-state index contributed by atoms with van der Waals surface area (Å²) in [6, 6.07) is 58.7. The Kier molecular flexibility index (Phi) is 42.5. The molecule has 7 aromatic rings. The summed E-state index contributed by atoms with van der Waals surface area (Å²) in [4.78, 5) is 82.2. The van der Waals surface area contributed by atoms with Crippen molar-refractivity contribution in [3.63, 3.8) is 0 Å². The molecule has 26 heteroatoms. The van der Waals surface area contributed by atoms with Crippen LogP contribution in [0.2, 0.25) is 0 Å². The van der Waals surface area contributed by atoms with Crippen LogP contribution in [-0.2, 0) is 101 Å². The van der Waals surface area contributed by atoms with E-state index < -0.39 is 49.7 Å². The van der Waals surface area contributed by atoms with Gasteiger partial charge < -0.3 is 52.6 Å². The van der Waals surface area contributed by atoms with Crippen molar-refractivity contribution in [2.24, 2.45) is 34.0 Å². The van der Waals surface area contributed by atoms with Crippen molar-refractivity contribution in [3.05, 3.63) is 210 Å². The Morgan fingerprint density at radius 3 is 1.39 bits per heavy atom. The fraction of sp³-hybridized carbons (Fsp3) is 0.525. The summed E-state index contributed by atoms with van der Waals surface area (Å²) in [5.41, 5.74) is 5.81. The second kappa shape index (κ2) is 50.2. The number of ether oxygens (including phenoxy) is 7. The maximum Gasteiger partial charge on any atom is 0.369 e. The summed E-state index contributed by atoms with van der Waals surface area (Å²) in [6.45, 7) is 40.5. The zero-order valence-corrected chi connectivity index (χ0v) is 82.7. The first-order valence-electron chi connectivity index (χ1n) is 44.4. The molecule has 2 aliphatic heterocycles. The molecule has 2 saturated heterocycles. The molecule has 6 fully saturated rings. The quantitative estimate of drug-likeness (QED) is 0.0119. The fourth-order valence-corrected chi connectivity index (χ4v) is 18.9. The molecule has 127 heavy (non-hydrogen) atoms.